The Morgan fingerprint density at radius 2 is 2.24 bits per heavy atom. The first-order valence-electron chi connectivity index (χ1n) is 8.81. The van der Waals surface area contributed by atoms with E-state index in [1.54, 1.807) is 12.1 Å². The summed E-state index contributed by atoms with van der Waals surface area (Å²) in [5, 5.41) is 10.5. The van der Waals surface area contributed by atoms with E-state index < -0.39 is 5.82 Å². The molecule has 0 aliphatic carbocycles. The smallest absolute Gasteiger partial charge is 0.254 e. The quantitative estimate of drug-likeness (QED) is 0.845. The summed E-state index contributed by atoms with van der Waals surface area (Å²) in [4.78, 5) is 12.3. The van der Waals surface area contributed by atoms with E-state index in [1.165, 1.54) is 6.07 Å². The molecule has 1 aliphatic heterocycles. The molecule has 0 saturated carbocycles. The normalized spacial score (nSPS) is 17.0. The molecule has 0 radical (unpaired) electrons. The third-order valence-electron chi connectivity index (χ3n) is 4.67. The molecule has 2 aromatic rings. The van der Waals surface area contributed by atoms with Crippen molar-refractivity contribution in [2.45, 2.75) is 33.2 Å². The predicted molar refractivity (Wildman–Crippen MR) is 95.1 cm³/mol. The number of halogens is 1. The fraction of sp³-hybridized carbons (Fsp3) is 0.474. The molecule has 1 amide bonds. The van der Waals surface area contributed by atoms with E-state index in [-0.39, 0.29) is 11.5 Å². The Morgan fingerprint density at radius 3 is 2.92 bits per heavy atom. The Labute approximate surface area is 147 Å². The zero-order valence-corrected chi connectivity index (χ0v) is 14.8. The van der Waals surface area contributed by atoms with Gasteiger partial charge in [-0.1, -0.05) is 6.07 Å². The fourth-order valence-electron chi connectivity index (χ4n) is 3.37. The number of hydrogen-bond donors (Lipinski definition) is 2. The van der Waals surface area contributed by atoms with Gasteiger partial charge in [-0.2, -0.15) is 5.10 Å². The number of carbonyl (C=O) groups is 1. The predicted octanol–water partition coefficient (Wildman–Crippen LogP) is 2.22. The summed E-state index contributed by atoms with van der Waals surface area (Å²) in [6.07, 6.45) is 2.00. The molecule has 6 heteroatoms. The molecule has 1 aromatic carbocycles. The number of nitrogens with one attached hydrogen (secondary N) is 2. The van der Waals surface area contributed by atoms with Crippen molar-refractivity contribution in [3.8, 4) is 0 Å². The minimum atomic E-state index is -0.475. The lowest BCUT2D eigenvalue weighted by Gasteiger charge is -2.11. The second-order valence-electron chi connectivity index (χ2n) is 6.78. The van der Waals surface area contributed by atoms with Gasteiger partial charge in [0, 0.05) is 12.2 Å². The van der Waals surface area contributed by atoms with Gasteiger partial charge in [0.15, 0.2) is 0 Å². The van der Waals surface area contributed by atoms with Crippen LogP contribution in [0.1, 0.15) is 33.7 Å². The van der Waals surface area contributed by atoms with Gasteiger partial charge in [-0.05, 0) is 69.5 Å². The van der Waals surface area contributed by atoms with E-state index in [9.17, 15) is 9.18 Å². The van der Waals surface area contributed by atoms with Gasteiger partial charge in [-0.15, -0.1) is 0 Å². The topological polar surface area (TPSA) is 59.0 Å². The molecule has 1 aliphatic rings. The number of benzene rings is 1. The van der Waals surface area contributed by atoms with Crippen molar-refractivity contribution in [2.75, 3.05) is 19.6 Å². The molecule has 134 valence electrons. The minimum absolute atomic E-state index is 0.122. The highest BCUT2D eigenvalue weighted by Crippen LogP contribution is 2.18. The van der Waals surface area contributed by atoms with Crippen molar-refractivity contribution < 1.29 is 9.18 Å². The molecule has 0 bridgehead atoms. The molecule has 1 aromatic heterocycles. The molecule has 1 saturated heterocycles. The van der Waals surface area contributed by atoms with Crippen LogP contribution >= 0.6 is 0 Å². The van der Waals surface area contributed by atoms with Gasteiger partial charge >= 0.3 is 0 Å². The molecule has 0 spiro atoms. The molecule has 1 fully saturated rings. The second-order valence-corrected chi connectivity index (χ2v) is 6.78. The molecular weight excluding hydrogens is 319 g/mol. The molecule has 1 unspecified atom stereocenters. The average molecular weight is 344 g/mol. The van der Waals surface area contributed by atoms with Gasteiger partial charge in [0.05, 0.1) is 17.8 Å². The molecule has 2 N–H and O–H groups in total. The van der Waals surface area contributed by atoms with Gasteiger partial charge < -0.3 is 10.6 Å². The van der Waals surface area contributed by atoms with Gasteiger partial charge in [-0.25, -0.2) is 4.39 Å². The number of carbonyl (C=O) groups excluding carboxylic acids is 1. The highest BCUT2D eigenvalue weighted by Gasteiger charge is 2.17. The number of amides is 1. The summed E-state index contributed by atoms with van der Waals surface area (Å²) in [7, 11) is 0. The molecular formula is C19H25FN4O. The fourth-order valence-corrected chi connectivity index (χ4v) is 3.37. The zero-order chi connectivity index (χ0) is 17.8. The lowest BCUT2D eigenvalue weighted by Crippen LogP contribution is -2.28. The van der Waals surface area contributed by atoms with Crippen LogP contribution in [-0.4, -0.2) is 35.3 Å². The zero-order valence-electron chi connectivity index (χ0n) is 14.8. The highest BCUT2D eigenvalue weighted by atomic mass is 19.1. The lowest BCUT2D eigenvalue weighted by molar-refractivity contribution is 0.0947. The Balaban J connectivity index is 1.59. The van der Waals surface area contributed by atoms with Gasteiger partial charge in [0.25, 0.3) is 5.91 Å². The largest absolute Gasteiger partial charge is 0.350 e. The number of nitrogens with zero attached hydrogens (tertiary/aromatic N) is 2. The minimum Gasteiger partial charge on any atom is -0.350 e. The maximum atomic E-state index is 14.1. The van der Waals surface area contributed by atoms with Crippen LogP contribution in [0.2, 0.25) is 0 Å². The van der Waals surface area contributed by atoms with Crippen molar-refractivity contribution in [2.24, 2.45) is 5.92 Å². The van der Waals surface area contributed by atoms with E-state index in [0.29, 0.717) is 19.0 Å². The summed E-state index contributed by atoms with van der Waals surface area (Å²) < 4.78 is 15.9. The second kappa shape index (κ2) is 7.78. The van der Waals surface area contributed by atoms with Crippen LogP contribution in [0.3, 0.4) is 0 Å². The molecule has 5 nitrogen and oxygen atoms in total. The Bertz CT molecular complexity index is 750. The van der Waals surface area contributed by atoms with Crippen molar-refractivity contribution in [1.29, 1.82) is 0 Å². The number of aromatic nitrogens is 2. The standard InChI is InChI=1S/C19H25FN4O/c1-13-9-14(2)24(23-13)8-7-22-19(25)17-11-15(3-4-18(17)20)10-16-5-6-21-12-16/h3-4,9,11,16,21H,5-8,10,12H2,1-2H3,(H,22,25). The molecule has 1 atom stereocenters. The first-order valence-corrected chi connectivity index (χ1v) is 8.81. The summed E-state index contributed by atoms with van der Waals surface area (Å²) >= 11 is 0. The van der Waals surface area contributed by atoms with Crippen LogP contribution in [0.25, 0.3) is 0 Å². The number of hydrogen-bond acceptors (Lipinski definition) is 3. The maximum absolute atomic E-state index is 14.1. The highest BCUT2D eigenvalue weighted by molar-refractivity contribution is 5.94. The van der Waals surface area contributed by atoms with Crippen molar-refractivity contribution >= 4 is 5.91 Å². The Kier molecular flexibility index (Phi) is 5.48. The summed E-state index contributed by atoms with van der Waals surface area (Å²) in [6.45, 7) is 6.91. The Morgan fingerprint density at radius 1 is 1.40 bits per heavy atom. The van der Waals surface area contributed by atoms with E-state index in [1.807, 2.05) is 24.6 Å². The van der Waals surface area contributed by atoms with Crippen LogP contribution in [0.15, 0.2) is 24.3 Å². The lowest BCUT2D eigenvalue weighted by atomic mass is 9.97. The first-order chi connectivity index (χ1) is 12.0. The van der Waals surface area contributed by atoms with Gasteiger partial charge in [-0.3, -0.25) is 9.48 Å². The first kappa shape index (κ1) is 17.6. The van der Waals surface area contributed by atoms with Crippen molar-refractivity contribution in [3.05, 3.63) is 52.6 Å². The van der Waals surface area contributed by atoms with Gasteiger partial charge in [0.2, 0.25) is 0 Å². The SMILES string of the molecule is Cc1cc(C)n(CCNC(=O)c2cc(CC3CCNC3)ccc2F)n1. The summed E-state index contributed by atoms with van der Waals surface area (Å²) in [5.74, 6) is -0.283. The molecule has 3 rings (SSSR count). The van der Waals surface area contributed by atoms with E-state index >= 15 is 0 Å². The van der Waals surface area contributed by atoms with Crippen LogP contribution in [0, 0.1) is 25.6 Å². The van der Waals surface area contributed by atoms with E-state index in [2.05, 4.69) is 15.7 Å². The van der Waals surface area contributed by atoms with E-state index in [0.717, 1.165) is 42.9 Å². The summed E-state index contributed by atoms with van der Waals surface area (Å²) in [6, 6.07) is 6.85. The molecule has 25 heavy (non-hydrogen) atoms. The van der Waals surface area contributed by atoms with Crippen molar-refractivity contribution in [3.63, 3.8) is 0 Å². The summed E-state index contributed by atoms with van der Waals surface area (Å²) in [5.41, 5.74) is 3.13. The van der Waals surface area contributed by atoms with Crippen molar-refractivity contribution in [1.82, 2.24) is 20.4 Å². The van der Waals surface area contributed by atoms with Crippen LogP contribution < -0.4 is 10.6 Å². The van der Waals surface area contributed by atoms with Crippen LogP contribution in [0.5, 0.6) is 0 Å². The number of rotatable bonds is 6. The average Bonchev–Trinajstić information content (AvgIpc) is 3.19. The monoisotopic (exact) mass is 344 g/mol. The van der Waals surface area contributed by atoms with Crippen LogP contribution in [0.4, 0.5) is 4.39 Å². The Hall–Kier alpha value is -2.21. The van der Waals surface area contributed by atoms with E-state index in [4.69, 9.17) is 0 Å². The van der Waals surface area contributed by atoms with Gasteiger partial charge in [0.1, 0.15) is 5.82 Å². The third-order valence-corrected chi connectivity index (χ3v) is 4.67. The van der Waals surface area contributed by atoms with Crippen LogP contribution in [-0.2, 0) is 13.0 Å². The molecule has 2 heterocycles. The maximum Gasteiger partial charge on any atom is 0.254 e. The number of aryl methyl sites for hydroxylation is 2. The third kappa shape index (κ3) is 4.45.